The summed E-state index contributed by atoms with van der Waals surface area (Å²) in [5, 5.41) is 0. The molecule has 2 aromatic carbocycles. The Kier molecular flexibility index (Phi) is 6.12. The first kappa shape index (κ1) is 14.6. The molecule has 20 heavy (non-hydrogen) atoms. The first-order valence-corrected chi connectivity index (χ1v) is 7.34. The van der Waals surface area contributed by atoms with Gasteiger partial charge in [-0.05, 0) is 55.5 Å². The highest BCUT2D eigenvalue weighted by Gasteiger charge is 1.97. The number of aryl methyl sites for hydroxylation is 2. The largest absolute Gasteiger partial charge is 0.494 e. The van der Waals surface area contributed by atoms with Crippen molar-refractivity contribution in [3.63, 3.8) is 0 Å². The predicted molar refractivity (Wildman–Crippen MR) is 84.1 cm³/mol. The fourth-order valence-corrected chi connectivity index (χ4v) is 2.17. The van der Waals surface area contributed by atoms with Gasteiger partial charge in [0, 0.05) is 0 Å². The van der Waals surface area contributed by atoms with Crippen LogP contribution in [0.2, 0.25) is 0 Å². The lowest BCUT2D eigenvalue weighted by Crippen LogP contribution is -2.01. The van der Waals surface area contributed by atoms with E-state index in [9.17, 15) is 0 Å². The molecule has 2 nitrogen and oxygen atoms in total. The Hall–Kier alpha value is -1.80. The van der Waals surface area contributed by atoms with Crippen LogP contribution >= 0.6 is 0 Å². The zero-order chi connectivity index (χ0) is 14.0. The Balaban J connectivity index is 1.69. The van der Waals surface area contributed by atoms with E-state index in [2.05, 4.69) is 36.4 Å². The van der Waals surface area contributed by atoms with Gasteiger partial charge in [-0.3, -0.25) is 0 Å². The van der Waals surface area contributed by atoms with E-state index in [1.807, 2.05) is 18.2 Å². The van der Waals surface area contributed by atoms with Gasteiger partial charge in [0.1, 0.15) is 5.75 Å². The van der Waals surface area contributed by atoms with Gasteiger partial charge in [-0.1, -0.05) is 42.5 Å². The van der Waals surface area contributed by atoms with Crippen LogP contribution in [0.3, 0.4) is 0 Å². The Morgan fingerprint density at radius 2 is 1.40 bits per heavy atom. The molecular weight excluding hydrogens is 246 g/mol. The standard InChI is InChI=1S/C18H23NO/c19-14-4-8-17-10-12-18(13-11-17)20-15-5-9-16-6-2-1-3-7-16/h1-3,6-7,10-13H,4-5,8-9,14-15,19H2. The van der Waals surface area contributed by atoms with Gasteiger partial charge in [0.2, 0.25) is 0 Å². The molecule has 0 aromatic heterocycles. The van der Waals surface area contributed by atoms with Gasteiger partial charge >= 0.3 is 0 Å². The van der Waals surface area contributed by atoms with Gasteiger partial charge in [0.15, 0.2) is 0 Å². The molecule has 106 valence electrons. The molecule has 0 bridgehead atoms. The van der Waals surface area contributed by atoms with Crippen LogP contribution in [-0.4, -0.2) is 13.2 Å². The van der Waals surface area contributed by atoms with E-state index in [1.54, 1.807) is 0 Å². The van der Waals surface area contributed by atoms with E-state index in [0.717, 1.165) is 44.6 Å². The first-order chi connectivity index (χ1) is 9.88. The third kappa shape index (κ3) is 5.06. The monoisotopic (exact) mass is 269 g/mol. The van der Waals surface area contributed by atoms with Crippen LogP contribution in [0.4, 0.5) is 0 Å². The second kappa shape index (κ2) is 8.39. The molecule has 0 unspecified atom stereocenters. The minimum absolute atomic E-state index is 0.748. The molecule has 0 aliphatic carbocycles. The molecule has 0 atom stereocenters. The summed E-state index contributed by atoms with van der Waals surface area (Å²) in [7, 11) is 0. The molecule has 0 aliphatic heterocycles. The minimum Gasteiger partial charge on any atom is -0.494 e. The van der Waals surface area contributed by atoms with Crippen molar-refractivity contribution in [1.29, 1.82) is 0 Å². The second-order valence-corrected chi connectivity index (χ2v) is 4.97. The van der Waals surface area contributed by atoms with Crippen LogP contribution in [0.5, 0.6) is 5.75 Å². The van der Waals surface area contributed by atoms with Gasteiger partial charge in [0.25, 0.3) is 0 Å². The summed E-state index contributed by atoms with van der Waals surface area (Å²) in [6, 6.07) is 18.9. The van der Waals surface area contributed by atoms with Crippen molar-refractivity contribution in [2.24, 2.45) is 5.73 Å². The van der Waals surface area contributed by atoms with Crippen LogP contribution < -0.4 is 10.5 Å². The molecule has 2 heteroatoms. The smallest absolute Gasteiger partial charge is 0.119 e. The van der Waals surface area contributed by atoms with Gasteiger partial charge in [-0.2, -0.15) is 0 Å². The van der Waals surface area contributed by atoms with Crippen molar-refractivity contribution in [2.75, 3.05) is 13.2 Å². The molecule has 2 aromatic rings. The second-order valence-electron chi connectivity index (χ2n) is 4.97. The molecule has 0 saturated carbocycles. The number of nitrogens with two attached hydrogens (primary N) is 1. The number of hydrogen-bond donors (Lipinski definition) is 1. The number of hydrogen-bond acceptors (Lipinski definition) is 2. The number of benzene rings is 2. The van der Waals surface area contributed by atoms with Gasteiger partial charge in [-0.25, -0.2) is 0 Å². The van der Waals surface area contributed by atoms with Crippen molar-refractivity contribution < 1.29 is 4.74 Å². The summed E-state index contributed by atoms with van der Waals surface area (Å²) in [5.41, 5.74) is 8.21. The molecule has 0 fully saturated rings. The molecule has 2 N–H and O–H groups in total. The third-order valence-electron chi connectivity index (χ3n) is 3.31. The van der Waals surface area contributed by atoms with Crippen molar-refractivity contribution in [3.05, 3.63) is 65.7 Å². The highest BCUT2D eigenvalue weighted by atomic mass is 16.5. The van der Waals surface area contributed by atoms with Gasteiger partial charge in [-0.15, -0.1) is 0 Å². The summed E-state index contributed by atoms with van der Waals surface area (Å²) in [5.74, 6) is 0.953. The number of rotatable bonds is 8. The molecule has 2 rings (SSSR count). The molecule has 0 aliphatic rings. The first-order valence-electron chi connectivity index (χ1n) is 7.34. The fourth-order valence-electron chi connectivity index (χ4n) is 2.17. The summed E-state index contributed by atoms with van der Waals surface area (Å²) >= 11 is 0. The lowest BCUT2D eigenvalue weighted by atomic mass is 10.1. The highest BCUT2D eigenvalue weighted by Crippen LogP contribution is 2.14. The molecule has 0 radical (unpaired) electrons. The molecule has 0 heterocycles. The third-order valence-corrected chi connectivity index (χ3v) is 3.31. The average molecular weight is 269 g/mol. The van der Waals surface area contributed by atoms with Gasteiger partial charge in [0.05, 0.1) is 6.61 Å². The van der Waals surface area contributed by atoms with E-state index in [-0.39, 0.29) is 0 Å². The number of ether oxygens (including phenoxy) is 1. The van der Waals surface area contributed by atoms with Crippen LogP contribution in [0.15, 0.2) is 54.6 Å². The van der Waals surface area contributed by atoms with E-state index >= 15 is 0 Å². The molecular formula is C18H23NO. The topological polar surface area (TPSA) is 35.2 Å². The van der Waals surface area contributed by atoms with Crippen LogP contribution in [0.25, 0.3) is 0 Å². The zero-order valence-electron chi connectivity index (χ0n) is 11.9. The normalized spacial score (nSPS) is 10.4. The van der Waals surface area contributed by atoms with E-state index < -0.39 is 0 Å². The average Bonchev–Trinajstić information content (AvgIpc) is 2.52. The quantitative estimate of drug-likeness (QED) is 0.743. The predicted octanol–water partition coefficient (Wildman–Crippen LogP) is 3.59. The van der Waals surface area contributed by atoms with E-state index in [1.165, 1.54) is 11.1 Å². The maximum Gasteiger partial charge on any atom is 0.119 e. The van der Waals surface area contributed by atoms with Crippen LogP contribution in [-0.2, 0) is 12.8 Å². The SMILES string of the molecule is NCCCc1ccc(OCCCc2ccccc2)cc1. The maximum absolute atomic E-state index is 5.76. The summed E-state index contributed by atoms with van der Waals surface area (Å²) < 4.78 is 5.76. The fraction of sp³-hybridized carbons (Fsp3) is 0.333. The highest BCUT2D eigenvalue weighted by molar-refractivity contribution is 5.27. The summed E-state index contributed by atoms with van der Waals surface area (Å²) in [4.78, 5) is 0. The molecule has 0 amide bonds. The maximum atomic E-state index is 5.76. The molecule has 0 saturated heterocycles. The van der Waals surface area contributed by atoms with Crippen LogP contribution in [0, 0.1) is 0 Å². The van der Waals surface area contributed by atoms with Crippen molar-refractivity contribution in [3.8, 4) is 5.75 Å². The van der Waals surface area contributed by atoms with Crippen molar-refractivity contribution in [1.82, 2.24) is 0 Å². The summed E-state index contributed by atoms with van der Waals surface area (Å²) in [6.45, 7) is 1.51. The van der Waals surface area contributed by atoms with Crippen LogP contribution in [0.1, 0.15) is 24.0 Å². The van der Waals surface area contributed by atoms with Gasteiger partial charge < -0.3 is 10.5 Å². The lowest BCUT2D eigenvalue weighted by molar-refractivity contribution is 0.311. The lowest BCUT2D eigenvalue weighted by Gasteiger charge is -2.07. The van der Waals surface area contributed by atoms with Crippen molar-refractivity contribution in [2.45, 2.75) is 25.7 Å². The Bertz CT molecular complexity index is 479. The Morgan fingerprint density at radius 3 is 2.10 bits per heavy atom. The van der Waals surface area contributed by atoms with E-state index in [0.29, 0.717) is 0 Å². The summed E-state index contributed by atoms with van der Waals surface area (Å²) in [6.07, 6.45) is 4.19. The zero-order valence-corrected chi connectivity index (χ0v) is 11.9. The Morgan fingerprint density at radius 1 is 0.750 bits per heavy atom. The Labute approximate surface area is 121 Å². The molecule has 0 spiro atoms. The minimum atomic E-state index is 0.748. The van der Waals surface area contributed by atoms with E-state index in [4.69, 9.17) is 10.5 Å². The van der Waals surface area contributed by atoms with Crippen molar-refractivity contribution >= 4 is 0 Å².